The van der Waals surface area contributed by atoms with Gasteiger partial charge in [0.25, 0.3) is 0 Å². The van der Waals surface area contributed by atoms with Crippen LogP contribution in [-0.2, 0) is 6.42 Å². The highest BCUT2D eigenvalue weighted by atomic mass is 32.2. The third-order valence-electron chi connectivity index (χ3n) is 1.93. The zero-order valence-electron chi connectivity index (χ0n) is 9.62. The third kappa shape index (κ3) is 3.72. The number of hydrogen-bond acceptors (Lipinski definition) is 7. The molecule has 0 aliphatic rings. The van der Waals surface area contributed by atoms with Gasteiger partial charge in [0.1, 0.15) is 5.01 Å². The Morgan fingerprint density at radius 3 is 2.59 bits per heavy atom. The van der Waals surface area contributed by atoms with E-state index in [-0.39, 0.29) is 6.04 Å². The molecular formula is C10H13N5S2. The first-order valence-corrected chi connectivity index (χ1v) is 6.81. The smallest absolute Gasteiger partial charge is 0.194 e. The quantitative estimate of drug-likeness (QED) is 0.849. The fourth-order valence-corrected chi connectivity index (χ4v) is 2.89. The fraction of sp³-hybridized carbons (Fsp3) is 0.400. The van der Waals surface area contributed by atoms with Gasteiger partial charge in [0.2, 0.25) is 0 Å². The summed E-state index contributed by atoms with van der Waals surface area (Å²) in [6.07, 6.45) is 4.42. The van der Waals surface area contributed by atoms with Gasteiger partial charge >= 0.3 is 0 Å². The summed E-state index contributed by atoms with van der Waals surface area (Å²) in [6, 6.07) is 0.128. The second-order valence-electron chi connectivity index (χ2n) is 3.74. The van der Waals surface area contributed by atoms with E-state index in [9.17, 15) is 0 Å². The summed E-state index contributed by atoms with van der Waals surface area (Å²) in [5, 5.41) is 9.59. The molecule has 0 amide bonds. The maximum absolute atomic E-state index is 5.71. The molecule has 2 aromatic rings. The van der Waals surface area contributed by atoms with Crippen molar-refractivity contribution in [2.75, 3.05) is 0 Å². The maximum Gasteiger partial charge on any atom is 0.194 e. The summed E-state index contributed by atoms with van der Waals surface area (Å²) < 4.78 is 0.863. The Morgan fingerprint density at radius 2 is 2.06 bits per heavy atom. The van der Waals surface area contributed by atoms with Crippen LogP contribution < -0.4 is 5.73 Å². The summed E-state index contributed by atoms with van der Waals surface area (Å²) >= 11 is 2.97. The highest BCUT2D eigenvalue weighted by molar-refractivity contribution is 8.00. The number of nitrogens with zero attached hydrogens (tertiary/aromatic N) is 4. The van der Waals surface area contributed by atoms with Crippen LogP contribution in [0.1, 0.15) is 17.5 Å². The molecule has 5 nitrogen and oxygen atoms in total. The molecule has 0 fully saturated rings. The predicted molar refractivity (Wildman–Crippen MR) is 68.2 cm³/mol. The second-order valence-corrected chi connectivity index (χ2v) is 6.14. The number of aromatic nitrogens is 4. The van der Waals surface area contributed by atoms with Crippen LogP contribution in [0.15, 0.2) is 21.9 Å². The van der Waals surface area contributed by atoms with E-state index in [1.165, 1.54) is 23.1 Å². The first-order chi connectivity index (χ1) is 8.13. The normalized spacial score (nSPS) is 12.6. The number of nitrogens with two attached hydrogens (primary N) is 1. The van der Waals surface area contributed by atoms with Crippen LogP contribution in [0.2, 0.25) is 0 Å². The van der Waals surface area contributed by atoms with Crippen molar-refractivity contribution in [2.45, 2.75) is 35.8 Å². The van der Waals surface area contributed by atoms with Crippen molar-refractivity contribution in [3.05, 3.63) is 23.0 Å². The average Bonchev–Trinajstić information content (AvgIpc) is 2.66. The SMILES string of the molecule is Cc1nnc(Sc2ncc(CC(C)N)cn2)s1. The Labute approximate surface area is 108 Å². The molecule has 17 heavy (non-hydrogen) atoms. The van der Waals surface area contributed by atoms with Gasteiger partial charge in [0.05, 0.1) is 0 Å². The molecule has 1 atom stereocenters. The van der Waals surface area contributed by atoms with Crippen LogP contribution in [0.4, 0.5) is 0 Å². The minimum atomic E-state index is 0.128. The summed E-state index contributed by atoms with van der Waals surface area (Å²) in [5.74, 6) is 0. The van der Waals surface area contributed by atoms with Crippen LogP contribution in [0.25, 0.3) is 0 Å². The molecule has 2 rings (SSSR count). The van der Waals surface area contributed by atoms with Gasteiger partial charge in [-0.05, 0) is 37.6 Å². The molecule has 0 aliphatic carbocycles. The Balaban J connectivity index is 2.03. The topological polar surface area (TPSA) is 77.6 Å². The lowest BCUT2D eigenvalue weighted by Crippen LogP contribution is -2.17. The zero-order valence-corrected chi connectivity index (χ0v) is 11.3. The summed E-state index contributed by atoms with van der Waals surface area (Å²) in [5.41, 5.74) is 6.76. The second kappa shape index (κ2) is 5.52. The van der Waals surface area contributed by atoms with Gasteiger partial charge in [0, 0.05) is 18.4 Å². The van der Waals surface area contributed by atoms with E-state index in [1.54, 1.807) is 0 Å². The number of hydrogen-bond donors (Lipinski definition) is 1. The molecule has 2 heterocycles. The Morgan fingerprint density at radius 1 is 1.35 bits per heavy atom. The monoisotopic (exact) mass is 267 g/mol. The van der Waals surface area contributed by atoms with Gasteiger partial charge in [-0.2, -0.15) is 0 Å². The maximum atomic E-state index is 5.71. The van der Waals surface area contributed by atoms with Gasteiger partial charge in [-0.25, -0.2) is 9.97 Å². The third-order valence-corrected chi connectivity index (χ3v) is 3.71. The standard InChI is InChI=1S/C10H13N5S2/c1-6(11)3-8-4-12-9(13-5-8)17-10-15-14-7(2)16-10/h4-6H,3,11H2,1-2H3. The largest absolute Gasteiger partial charge is 0.328 e. The molecule has 2 N–H and O–H groups in total. The lowest BCUT2D eigenvalue weighted by Gasteiger charge is -2.04. The minimum Gasteiger partial charge on any atom is -0.328 e. The van der Waals surface area contributed by atoms with Crippen LogP contribution in [-0.4, -0.2) is 26.2 Å². The van der Waals surface area contributed by atoms with Gasteiger partial charge in [0.15, 0.2) is 9.50 Å². The Hall–Kier alpha value is -1.05. The molecule has 0 radical (unpaired) electrons. The molecule has 2 aromatic heterocycles. The lowest BCUT2D eigenvalue weighted by atomic mass is 10.1. The molecular weight excluding hydrogens is 254 g/mol. The zero-order chi connectivity index (χ0) is 12.3. The summed E-state index contributed by atoms with van der Waals surface area (Å²) in [6.45, 7) is 3.89. The van der Waals surface area contributed by atoms with E-state index in [4.69, 9.17) is 5.73 Å². The van der Waals surface area contributed by atoms with Crippen molar-refractivity contribution in [1.29, 1.82) is 0 Å². The molecule has 7 heteroatoms. The molecule has 0 saturated heterocycles. The van der Waals surface area contributed by atoms with Crippen molar-refractivity contribution in [1.82, 2.24) is 20.2 Å². The average molecular weight is 267 g/mol. The van der Waals surface area contributed by atoms with Gasteiger partial charge in [-0.1, -0.05) is 11.3 Å². The van der Waals surface area contributed by atoms with Gasteiger partial charge < -0.3 is 5.73 Å². The van der Waals surface area contributed by atoms with Crippen LogP contribution >= 0.6 is 23.1 Å². The summed E-state index contributed by atoms with van der Waals surface area (Å²) in [4.78, 5) is 8.54. The van der Waals surface area contributed by atoms with E-state index in [2.05, 4.69) is 20.2 Å². The van der Waals surface area contributed by atoms with Crippen LogP contribution in [0, 0.1) is 6.92 Å². The fourth-order valence-electron chi connectivity index (χ4n) is 1.27. The molecule has 1 unspecified atom stereocenters. The molecule has 0 spiro atoms. The predicted octanol–water partition coefficient (Wildman–Crippen LogP) is 1.68. The highest BCUT2D eigenvalue weighted by Gasteiger charge is 2.06. The lowest BCUT2D eigenvalue weighted by molar-refractivity contribution is 0.727. The molecule has 0 aromatic carbocycles. The van der Waals surface area contributed by atoms with E-state index < -0.39 is 0 Å². The van der Waals surface area contributed by atoms with Crippen LogP contribution in [0.5, 0.6) is 0 Å². The Kier molecular flexibility index (Phi) is 4.03. The number of rotatable bonds is 4. The summed E-state index contributed by atoms with van der Waals surface area (Å²) in [7, 11) is 0. The van der Waals surface area contributed by atoms with Crippen molar-refractivity contribution >= 4 is 23.1 Å². The molecule has 90 valence electrons. The van der Waals surface area contributed by atoms with E-state index in [0.29, 0.717) is 5.16 Å². The van der Waals surface area contributed by atoms with Crippen molar-refractivity contribution in [3.63, 3.8) is 0 Å². The molecule has 0 aliphatic heterocycles. The van der Waals surface area contributed by atoms with Crippen LogP contribution in [0.3, 0.4) is 0 Å². The van der Waals surface area contributed by atoms with Crippen molar-refractivity contribution in [3.8, 4) is 0 Å². The first-order valence-electron chi connectivity index (χ1n) is 5.18. The van der Waals surface area contributed by atoms with E-state index >= 15 is 0 Å². The molecule has 0 bridgehead atoms. The van der Waals surface area contributed by atoms with Crippen molar-refractivity contribution in [2.24, 2.45) is 5.73 Å². The Bertz CT molecular complexity index is 480. The molecule has 0 saturated carbocycles. The number of aryl methyl sites for hydroxylation is 1. The first kappa shape index (κ1) is 12.4. The van der Waals surface area contributed by atoms with E-state index in [0.717, 1.165) is 21.3 Å². The minimum absolute atomic E-state index is 0.128. The van der Waals surface area contributed by atoms with Crippen molar-refractivity contribution < 1.29 is 0 Å². The highest BCUT2D eigenvalue weighted by Crippen LogP contribution is 2.26. The van der Waals surface area contributed by atoms with E-state index in [1.807, 2.05) is 26.2 Å². The van der Waals surface area contributed by atoms with Gasteiger partial charge in [-0.15, -0.1) is 10.2 Å². The van der Waals surface area contributed by atoms with Gasteiger partial charge in [-0.3, -0.25) is 0 Å².